The van der Waals surface area contributed by atoms with Crippen LogP contribution < -0.4 is 0 Å². The standard InChI is InChI=1S/C11H15BrS/c1-8(2)13-7-10-4-5-11(12)9(3)6-10/h4-6,8H,7H2,1-3H3. The molecule has 0 fully saturated rings. The van der Waals surface area contributed by atoms with Gasteiger partial charge in [-0.15, -0.1) is 0 Å². The minimum absolute atomic E-state index is 0.712. The van der Waals surface area contributed by atoms with Gasteiger partial charge in [0.15, 0.2) is 0 Å². The number of hydrogen-bond donors (Lipinski definition) is 0. The van der Waals surface area contributed by atoms with Crippen molar-refractivity contribution >= 4 is 27.7 Å². The highest BCUT2D eigenvalue weighted by atomic mass is 79.9. The molecule has 0 amide bonds. The summed E-state index contributed by atoms with van der Waals surface area (Å²) in [5, 5.41) is 0.712. The SMILES string of the molecule is Cc1cc(CSC(C)C)ccc1Br. The highest BCUT2D eigenvalue weighted by Gasteiger charge is 1.99. The molecule has 0 heterocycles. The van der Waals surface area contributed by atoms with E-state index in [4.69, 9.17) is 0 Å². The van der Waals surface area contributed by atoms with Crippen LogP contribution in [0, 0.1) is 6.92 Å². The van der Waals surface area contributed by atoms with Crippen LogP contribution in [0.25, 0.3) is 0 Å². The summed E-state index contributed by atoms with van der Waals surface area (Å²) in [5.41, 5.74) is 2.74. The number of thioether (sulfide) groups is 1. The second-order valence-electron chi connectivity index (χ2n) is 3.44. The molecule has 0 aliphatic heterocycles. The van der Waals surface area contributed by atoms with E-state index in [1.807, 2.05) is 11.8 Å². The molecule has 1 aromatic carbocycles. The third-order valence-electron chi connectivity index (χ3n) is 1.81. The molecule has 0 radical (unpaired) electrons. The molecule has 0 bridgehead atoms. The first-order chi connectivity index (χ1) is 6.09. The number of hydrogen-bond acceptors (Lipinski definition) is 1. The van der Waals surface area contributed by atoms with Crippen LogP contribution in [-0.4, -0.2) is 5.25 Å². The quantitative estimate of drug-likeness (QED) is 0.775. The van der Waals surface area contributed by atoms with Gasteiger partial charge >= 0.3 is 0 Å². The molecule has 0 unspecified atom stereocenters. The Labute approximate surface area is 93.2 Å². The summed E-state index contributed by atoms with van der Waals surface area (Å²) in [4.78, 5) is 0. The maximum Gasteiger partial charge on any atom is 0.0204 e. The van der Waals surface area contributed by atoms with Crippen LogP contribution in [0.2, 0.25) is 0 Å². The number of benzene rings is 1. The summed E-state index contributed by atoms with van der Waals surface area (Å²) in [5.74, 6) is 1.12. The lowest BCUT2D eigenvalue weighted by Crippen LogP contribution is -1.89. The van der Waals surface area contributed by atoms with E-state index in [1.54, 1.807) is 0 Å². The van der Waals surface area contributed by atoms with Crippen molar-refractivity contribution in [3.05, 3.63) is 33.8 Å². The smallest absolute Gasteiger partial charge is 0.0204 e. The van der Waals surface area contributed by atoms with Crippen LogP contribution >= 0.6 is 27.7 Å². The van der Waals surface area contributed by atoms with Crippen LogP contribution in [0.5, 0.6) is 0 Å². The highest BCUT2D eigenvalue weighted by molar-refractivity contribution is 9.10. The molecule has 72 valence electrons. The van der Waals surface area contributed by atoms with E-state index in [1.165, 1.54) is 15.6 Å². The molecule has 0 atom stereocenters. The van der Waals surface area contributed by atoms with Gasteiger partial charge in [-0.1, -0.05) is 41.9 Å². The van der Waals surface area contributed by atoms with Gasteiger partial charge in [0.2, 0.25) is 0 Å². The van der Waals surface area contributed by atoms with Crippen molar-refractivity contribution in [3.8, 4) is 0 Å². The molecular formula is C11H15BrS. The van der Waals surface area contributed by atoms with Gasteiger partial charge in [0.25, 0.3) is 0 Å². The molecule has 13 heavy (non-hydrogen) atoms. The minimum Gasteiger partial charge on any atom is -0.154 e. The summed E-state index contributed by atoms with van der Waals surface area (Å²) >= 11 is 5.49. The van der Waals surface area contributed by atoms with Gasteiger partial charge in [-0.25, -0.2) is 0 Å². The normalized spacial score (nSPS) is 10.8. The van der Waals surface area contributed by atoms with Crippen LogP contribution in [0.3, 0.4) is 0 Å². The monoisotopic (exact) mass is 258 g/mol. The lowest BCUT2D eigenvalue weighted by atomic mass is 10.2. The van der Waals surface area contributed by atoms with E-state index in [9.17, 15) is 0 Å². The second-order valence-corrected chi connectivity index (χ2v) is 5.86. The van der Waals surface area contributed by atoms with Gasteiger partial charge in [0.05, 0.1) is 0 Å². The Kier molecular flexibility index (Phi) is 4.33. The molecule has 1 rings (SSSR count). The van der Waals surface area contributed by atoms with E-state index < -0.39 is 0 Å². The van der Waals surface area contributed by atoms with Gasteiger partial charge < -0.3 is 0 Å². The fraction of sp³-hybridized carbons (Fsp3) is 0.455. The zero-order valence-corrected chi connectivity index (χ0v) is 10.7. The fourth-order valence-electron chi connectivity index (χ4n) is 1.06. The Morgan fingerprint density at radius 2 is 2.08 bits per heavy atom. The molecule has 0 nitrogen and oxygen atoms in total. The van der Waals surface area contributed by atoms with Crippen molar-refractivity contribution in [3.63, 3.8) is 0 Å². The number of aryl methyl sites for hydroxylation is 1. The van der Waals surface area contributed by atoms with Crippen molar-refractivity contribution in [2.75, 3.05) is 0 Å². The summed E-state index contributed by atoms with van der Waals surface area (Å²) in [6.45, 7) is 6.60. The minimum atomic E-state index is 0.712. The number of rotatable bonds is 3. The largest absolute Gasteiger partial charge is 0.154 e. The maximum atomic E-state index is 3.50. The van der Waals surface area contributed by atoms with Crippen LogP contribution in [0.4, 0.5) is 0 Å². The second kappa shape index (κ2) is 5.06. The van der Waals surface area contributed by atoms with Gasteiger partial charge in [0, 0.05) is 10.2 Å². The van der Waals surface area contributed by atoms with Crippen molar-refractivity contribution in [2.45, 2.75) is 31.8 Å². The third-order valence-corrected chi connectivity index (χ3v) is 3.86. The van der Waals surface area contributed by atoms with Gasteiger partial charge in [0.1, 0.15) is 0 Å². The first-order valence-corrected chi connectivity index (χ1v) is 6.30. The topological polar surface area (TPSA) is 0 Å². The van der Waals surface area contributed by atoms with E-state index in [0.717, 1.165) is 5.75 Å². The molecule has 2 heteroatoms. The summed E-state index contributed by atoms with van der Waals surface area (Å²) in [6.07, 6.45) is 0. The average Bonchev–Trinajstić information content (AvgIpc) is 2.07. The van der Waals surface area contributed by atoms with Crippen molar-refractivity contribution in [1.82, 2.24) is 0 Å². The fourth-order valence-corrected chi connectivity index (χ4v) is 2.01. The van der Waals surface area contributed by atoms with E-state index in [0.29, 0.717) is 5.25 Å². The van der Waals surface area contributed by atoms with E-state index >= 15 is 0 Å². The molecule has 0 aromatic heterocycles. The van der Waals surface area contributed by atoms with Crippen molar-refractivity contribution in [2.24, 2.45) is 0 Å². The van der Waals surface area contributed by atoms with E-state index in [2.05, 4.69) is 54.9 Å². The molecular weight excluding hydrogens is 244 g/mol. The Morgan fingerprint density at radius 1 is 1.38 bits per heavy atom. The molecule has 0 spiro atoms. The lowest BCUT2D eigenvalue weighted by Gasteiger charge is -2.06. The molecule has 0 aliphatic carbocycles. The Morgan fingerprint density at radius 3 is 2.62 bits per heavy atom. The molecule has 1 aromatic rings. The van der Waals surface area contributed by atoms with Gasteiger partial charge in [-0.3, -0.25) is 0 Å². The summed E-state index contributed by atoms with van der Waals surface area (Å²) < 4.78 is 1.20. The number of halogens is 1. The predicted molar refractivity (Wildman–Crippen MR) is 65.3 cm³/mol. The summed E-state index contributed by atoms with van der Waals surface area (Å²) in [6, 6.07) is 6.57. The molecule has 0 aliphatic rings. The average molecular weight is 259 g/mol. The lowest BCUT2D eigenvalue weighted by molar-refractivity contribution is 1.11. The zero-order chi connectivity index (χ0) is 9.84. The van der Waals surface area contributed by atoms with Crippen molar-refractivity contribution in [1.29, 1.82) is 0 Å². The van der Waals surface area contributed by atoms with Crippen LogP contribution in [0.15, 0.2) is 22.7 Å². The third kappa shape index (κ3) is 3.74. The van der Waals surface area contributed by atoms with E-state index in [-0.39, 0.29) is 0 Å². The first kappa shape index (κ1) is 11.1. The van der Waals surface area contributed by atoms with Crippen LogP contribution in [-0.2, 0) is 5.75 Å². The highest BCUT2D eigenvalue weighted by Crippen LogP contribution is 2.21. The molecule has 0 N–H and O–H groups in total. The Bertz CT molecular complexity index is 281. The molecule has 0 saturated carbocycles. The Hall–Kier alpha value is 0.0500. The first-order valence-electron chi connectivity index (χ1n) is 4.46. The van der Waals surface area contributed by atoms with Crippen molar-refractivity contribution < 1.29 is 0 Å². The van der Waals surface area contributed by atoms with Gasteiger partial charge in [-0.05, 0) is 29.4 Å². The maximum absolute atomic E-state index is 3.50. The summed E-state index contributed by atoms with van der Waals surface area (Å²) in [7, 11) is 0. The zero-order valence-electron chi connectivity index (χ0n) is 8.30. The Balaban J connectivity index is 2.63. The van der Waals surface area contributed by atoms with Crippen LogP contribution in [0.1, 0.15) is 25.0 Å². The van der Waals surface area contributed by atoms with Gasteiger partial charge in [-0.2, -0.15) is 11.8 Å². The molecule has 0 saturated heterocycles. The predicted octanol–water partition coefficient (Wildman–Crippen LogP) is 4.40.